The molecule has 9 heteroatoms. The normalized spacial score (nSPS) is 11.6. The summed E-state index contributed by atoms with van der Waals surface area (Å²) in [6.07, 6.45) is -0.307. The lowest BCUT2D eigenvalue weighted by Gasteiger charge is -2.23. The van der Waals surface area contributed by atoms with Gasteiger partial charge in [-0.3, -0.25) is 9.89 Å². The number of benzene rings is 2. The van der Waals surface area contributed by atoms with Crippen LogP contribution in [0.25, 0.3) is 11.3 Å². The molecule has 0 fully saturated rings. The number of thiophene rings is 1. The first-order valence-electron chi connectivity index (χ1n) is 11.9. The van der Waals surface area contributed by atoms with Gasteiger partial charge in [0.05, 0.1) is 12.3 Å². The van der Waals surface area contributed by atoms with Crippen molar-refractivity contribution < 1.29 is 28.9 Å². The number of rotatable bonds is 12. The van der Waals surface area contributed by atoms with Crippen molar-refractivity contribution in [2.45, 2.75) is 39.4 Å². The van der Waals surface area contributed by atoms with Gasteiger partial charge in [-0.1, -0.05) is 24.3 Å². The fraction of sp³-hybridized carbons (Fsp3) is 0.250. The molecule has 0 aliphatic carbocycles. The maximum absolute atomic E-state index is 12.2. The Morgan fingerprint density at radius 2 is 1.97 bits per heavy atom. The molecule has 4 aromatic rings. The number of carboxylic acid groups (broad SMARTS) is 1. The fourth-order valence-corrected chi connectivity index (χ4v) is 4.50. The quantitative estimate of drug-likeness (QED) is 0.214. The van der Waals surface area contributed by atoms with Crippen molar-refractivity contribution in [1.82, 2.24) is 10.2 Å². The van der Waals surface area contributed by atoms with Crippen LogP contribution in [-0.4, -0.2) is 33.8 Å². The van der Waals surface area contributed by atoms with E-state index in [0.717, 1.165) is 16.7 Å². The largest absolute Gasteiger partial charge is 0.489 e. The molecular weight excluding hydrogens is 492 g/mol. The topological polar surface area (TPSA) is 111 Å². The molecule has 0 spiro atoms. The van der Waals surface area contributed by atoms with Gasteiger partial charge in [0.15, 0.2) is 0 Å². The van der Waals surface area contributed by atoms with E-state index in [1.165, 1.54) is 0 Å². The van der Waals surface area contributed by atoms with E-state index in [4.69, 9.17) is 14.2 Å². The summed E-state index contributed by atoms with van der Waals surface area (Å²) in [5.74, 6) is -0.350. The second-order valence-corrected chi connectivity index (χ2v) is 9.14. The number of aryl methyl sites for hydroxylation is 1. The highest BCUT2D eigenvalue weighted by Gasteiger charge is 2.22. The Labute approximate surface area is 218 Å². The van der Waals surface area contributed by atoms with Crippen molar-refractivity contribution in [3.05, 3.63) is 87.7 Å². The van der Waals surface area contributed by atoms with Gasteiger partial charge in [-0.2, -0.15) is 16.4 Å². The van der Waals surface area contributed by atoms with Crippen LogP contribution in [-0.2, 0) is 16.1 Å². The molecule has 0 radical (unpaired) electrons. The van der Waals surface area contributed by atoms with Crippen LogP contribution in [0.2, 0.25) is 0 Å². The SMILES string of the molecule is CCOC(=O)c1cc(-c2ccc(OCc3ccsc3)cc2O[C@@H](CCC(=O)O)c2ccccc2C)n[nH]1. The third-order valence-corrected chi connectivity index (χ3v) is 6.44. The average Bonchev–Trinajstić information content (AvgIpc) is 3.59. The number of carbonyl (C=O) groups excluding carboxylic acids is 1. The van der Waals surface area contributed by atoms with Crippen LogP contribution in [0.4, 0.5) is 0 Å². The number of carboxylic acids is 1. The highest BCUT2D eigenvalue weighted by molar-refractivity contribution is 7.07. The third-order valence-electron chi connectivity index (χ3n) is 5.71. The summed E-state index contributed by atoms with van der Waals surface area (Å²) in [5, 5.41) is 20.4. The Morgan fingerprint density at radius 3 is 2.70 bits per heavy atom. The van der Waals surface area contributed by atoms with Gasteiger partial charge in [0.25, 0.3) is 0 Å². The second-order valence-electron chi connectivity index (χ2n) is 8.36. The predicted octanol–water partition coefficient (Wildman–Crippen LogP) is 6.19. The number of hydrogen-bond acceptors (Lipinski definition) is 7. The van der Waals surface area contributed by atoms with Crippen LogP contribution in [0.15, 0.2) is 65.4 Å². The molecule has 0 amide bonds. The van der Waals surface area contributed by atoms with Crippen molar-refractivity contribution in [3.8, 4) is 22.8 Å². The summed E-state index contributed by atoms with van der Waals surface area (Å²) < 4.78 is 17.6. The molecule has 37 heavy (non-hydrogen) atoms. The molecule has 8 nitrogen and oxygen atoms in total. The van der Waals surface area contributed by atoms with Gasteiger partial charge in [-0.15, -0.1) is 0 Å². The smallest absolute Gasteiger partial charge is 0.356 e. The minimum absolute atomic E-state index is 0.0574. The van der Waals surface area contributed by atoms with Gasteiger partial charge >= 0.3 is 11.9 Å². The average molecular weight is 521 g/mol. The number of aromatic nitrogens is 2. The van der Waals surface area contributed by atoms with Crippen molar-refractivity contribution in [2.24, 2.45) is 0 Å². The maximum Gasteiger partial charge on any atom is 0.356 e. The van der Waals surface area contributed by atoms with E-state index in [9.17, 15) is 14.7 Å². The molecule has 1 atom stereocenters. The van der Waals surface area contributed by atoms with Gasteiger partial charge < -0.3 is 19.3 Å². The molecule has 192 valence electrons. The minimum Gasteiger partial charge on any atom is -0.489 e. The van der Waals surface area contributed by atoms with Crippen LogP contribution in [0, 0.1) is 6.92 Å². The molecule has 4 rings (SSSR count). The number of hydrogen-bond donors (Lipinski definition) is 2. The van der Waals surface area contributed by atoms with E-state index in [1.54, 1.807) is 30.4 Å². The highest BCUT2D eigenvalue weighted by Crippen LogP contribution is 2.37. The molecule has 0 unspecified atom stereocenters. The lowest BCUT2D eigenvalue weighted by molar-refractivity contribution is -0.137. The van der Waals surface area contributed by atoms with Crippen LogP contribution < -0.4 is 9.47 Å². The highest BCUT2D eigenvalue weighted by atomic mass is 32.1. The van der Waals surface area contributed by atoms with E-state index >= 15 is 0 Å². The zero-order chi connectivity index (χ0) is 26.2. The number of H-pyrrole nitrogens is 1. The number of esters is 1. The molecule has 0 aliphatic heterocycles. The van der Waals surface area contributed by atoms with Gasteiger partial charge in [-0.25, -0.2) is 4.79 Å². The molecule has 2 N–H and O–H groups in total. The molecule has 2 heterocycles. The van der Waals surface area contributed by atoms with Crippen molar-refractivity contribution in [2.75, 3.05) is 6.61 Å². The number of carbonyl (C=O) groups is 2. The van der Waals surface area contributed by atoms with Crippen LogP contribution in [0.1, 0.15) is 53.0 Å². The van der Waals surface area contributed by atoms with E-state index in [2.05, 4.69) is 10.2 Å². The standard InChI is InChI=1S/C28H28N2O6S/c1-3-34-28(33)24-15-23(29-30-24)22-9-8-20(35-16-19-12-13-37-17-19)14-26(22)36-25(10-11-27(31)32)21-7-5-4-6-18(21)2/h4-9,12-15,17,25H,3,10-11,16H2,1-2H3,(H,29,30)(H,31,32)/t25-/m0/s1. The number of nitrogens with zero attached hydrogens (tertiary/aromatic N) is 1. The molecule has 2 aromatic carbocycles. The Kier molecular flexibility index (Phi) is 8.58. The zero-order valence-electron chi connectivity index (χ0n) is 20.6. The predicted molar refractivity (Wildman–Crippen MR) is 140 cm³/mol. The van der Waals surface area contributed by atoms with Gasteiger partial charge in [0.1, 0.15) is 29.9 Å². The lowest BCUT2D eigenvalue weighted by Crippen LogP contribution is -2.12. The van der Waals surface area contributed by atoms with E-state index < -0.39 is 18.0 Å². The van der Waals surface area contributed by atoms with Crippen molar-refractivity contribution >= 4 is 23.3 Å². The number of aliphatic carboxylic acids is 1. The van der Waals surface area contributed by atoms with Crippen molar-refractivity contribution in [3.63, 3.8) is 0 Å². The molecule has 0 saturated heterocycles. The summed E-state index contributed by atoms with van der Waals surface area (Å²) in [5.41, 5.74) is 4.29. The van der Waals surface area contributed by atoms with Gasteiger partial charge in [0, 0.05) is 18.1 Å². The Balaban J connectivity index is 1.70. The van der Waals surface area contributed by atoms with E-state index in [1.807, 2.05) is 60.1 Å². The molecule has 0 aliphatic rings. The zero-order valence-corrected chi connectivity index (χ0v) is 21.4. The summed E-state index contributed by atoms with van der Waals surface area (Å²) in [6, 6.07) is 16.7. The van der Waals surface area contributed by atoms with Crippen molar-refractivity contribution in [1.29, 1.82) is 0 Å². The number of nitrogens with one attached hydrogen (secondary N) is 1. The molecular formula is C28H28N2O6S. The fourth-order valence-electron chi connectivity index (χ4n) is 3.85. The first kappa shape index (κ1) is 26.0. The van der Waals surface area contributed by atoms with Gasteiger partial charge in [0.2, 0.25) is 0 Å². The maximum atomic E-state index is 12.2. The van der Waals surface area contributed by atoms with E-state index in [0.29, 0.717) is 29.4 Å². The van der Waals surface area contributed by atoms with Crippen LogP contribution in [0.5, 0.6) is 11.5 Å². The van der Waals surface area contributed by atoms with E-state index in [-0.39, 0.29) is 25.1 Å². The summed E-state index contributed by atoms with van der Waals surface area (Å²) in [4.78, 5) is 23.6. The number of aromatic amines is 1. The molecule has 0 bridgehead atoms. The summed E-state index contributed by atoms with van der Waals surface area (Å²) in [6.45, 7) is 4.35. The first-order valence-corrected chi connectivity index (χ1v) is 12.8. The lowest BCUT2D eigenvalue weighted by atomic mass is 9.99. The minimum atomic E-state index is -0.901. The molecule has 0 saturated carbocycles. The second kappa shape index (κ2) is 12.2. The Morgan fingerprint density at radius 1 is 1.14 bits per heavy atom. The Hall–Kier alpha value is -4.11. The third kappa shape index (κ3) is 6.77. The van der Waals surface area contributed by atoms with Crippen LogP contribution in [0.3, 0.4) is 0 Å². The van der Waals surface area contributed by atoms with Gasteiger partial charge in [-0.05, 0) is 72.0 Å². The Bertz CT molecular complexity index is 1350. The first-order chi connectivity index (χ1) is 17.9. The summed E-state index contributed by atoms with van der Waals surface area (Å²) in [7, 11) is 0. The molecule has 2 aromatic heterocycles. The number of ether oxygens (including phenoxy) is 3. The van der Waals surface area contributed by atoms with Crippen LogP contribution >= 0.6 is 11.3 Å². The monoisotopic (exact) mass is 520 g/mol. The summed E-state index contributed by atoms with van der Waals surface area (Å²) >= 11 is 1.60.